The van der Waals surface area contributed by atoms with E-state index in [2.05, 4.69) is 56.2 Å². The molecule has 35 heavy (non-hydrogen) atoms. The van der Waals surface area contributed by atoms with Gasteiger partial charge in [0.15, 0.2) is 11.9 Å². The van der Waals surface area contributed by atoms with Crippen molar-refractivity contribution in [3.63, 3.8) is 0 Å². The van der Waals surface area contributed by atoms with Crippen LogP contribution in [0.1, 0.15) is 88.2 Å². The lowest BCUT2D eigenvalue weighted by atomic mass is 9.92. The summed E-state index contributed by atoms with van der Waals surface area (Å²) in [6.07, 6.45) is 3.00. The molecule has 0 radical (unpaired) electrons. The minimum Gasteiger partial charge on any atom is -0.431 e. The van der Waals surface area contributed by atoms with E-state index >= 15 is 0 Å². The number of carbonyl (C=O) groups is 1. The Morgan fingerprint density at radius 3 is 2.37 bits per heavy atom. The summed E-state index contributed by atoms with van der Waals surface area (Å²) in [5, 5.41) is 3.87. The van der Waals surface area contributed by atoms with E-state index in [0.717, 1.165) is 47.4 Å². The van der Waals surface area contributed by atoms with Crippen molar-refractivity contribution in [2.24, 2.45) is 0 Å². The van der Waals surface area contributed by atoms with Crippen LogP contribution >= 0.6 is 11.8 Å². The largest absolute Gasteiger partial charge is 0.431 e. The monoisotopic (exact) mass is 496 g/mol. The molecule has 1 N–H and O–H groups in total. The van der Waals surface area contributed by atoms with Crippen LogP contribution in [0.4, 0.5) is 5.69 Å². The molecular weight excluding hydrogens is 460 g/mol. The van der Waals surface area contributed by atoms with Crippen LogP contribution < -0.4 is 5.32 Å². The summed E-state index contributed by atoms with van der Waals surface area (Å²) in [5.41, 5.74) is 5.86. The fourth-order valence-corrected chi connectivity index (χ4v) is 5.18. The van der Waals surface area contributed by atoms with Gasteiger partial charge in [0.25, 0.3) is 5.22 Å². The smallest absolute Gasteiger partial charge is 0.256 e. The summed E-state index contributed by atoms with van der Waals surface area (Å²) in [6.45, 7) is 9.86. The highest BCUT2D eigenvalue weighted by Gasteiger charge is 2.23. The second kappa shape index (κ2) is 12.1. The van der Waals surface area contributed by atoms with Gasteiger partial charge in [-0.3, -0.25) is 4.79 Å². The number of fused-ring (bicyclic) bond motifs is 1. The van der Waals surface area contributed by atoms with Gasteiger partial charge in [-0.15, -0.1) is 0 Å². The molecule has 188 valence electrons. The minimum atomic E-state index is -0.375. The van der Waals surface area contributed by atoms with E-state index < -0.39 is 0 Å². The first-order valence-electron chi connectivity index (χ1n) is 12.6. The number of thioether (sulfide) groups is 1. The summed E-state index contributed by atoms with van der Waals surface area (Å²) in [7, 11) is 0. The van der Waals surface area contributed by atoms with Gasteiger partial charge in [0.1, 0.15) is 5.52 Å². The van der Waals surface area contributed by atoms with Crippen LogP contribution in [-0.2, 0) is 14.3 Å². The molecule has 4 rings (SSSR count). The molecule has 1 saturated heterocycles. The number of nitrogens with zero attached hydrogens (tertiary/aromatic N) is 1. The van der Waals surface area contributed by atoms with Crippen LogP contribution in [0.3, 0.4) is 0 Å². The van der Waals surface area contributed by atoms with Crippen LogP contribution in [0, 0.1) is 0 Å². The number of aromatic nitrogens is 1. The zero-order valence-corrected chi connectivity index (χ0v) is 22.0. The Morgan fingerprint density at radius 2 is 1.69 bits per heavy atom. The molecular formula is C28H36N2O4S. The molecule has 1 amide bonds. The average molecular weight is 497 g/mol. The van der Waals surface area contributed by atoms with Gasteiger partial charge >= 0.3 is 0 Å². The number of benzene rings is 2. The Morgan fingerprint density at radius 1 is 1.00 bits per heavy atom. The number of nitrogens with one attached hydrogen (secondary N) is 1. The number of rotatable bonds is 11. The summed E-state index contributed by atoms with van der Waals surface area (Å²) < 4.78 is 17.3. The highest BCUT2D eigenvalue weighted by molar-refractivity contribution is 7.99. The number of hydrogen-bond acceptors (Lipinski definition) is 6. The second-order valence-corrected chi connectivity index (χ2v) is 10.6. The van der Waals surface area contributed by atoms with E-state index in [-0.39, 0.29) is 12.2 Å². The molecule has 1 aromatic heterocycles. The van der Waals surface area contributed by atoms with Gasteiger partial charge < -0.3 is 19.2 Å². The first-order chi connectivity index (χ1) is 16.9. The third-order valence-electron chi connectivity index (χ3n) is 6.21. The molecule has 0 aliphatic carbocycles. The standard InChI is InChI=1S/C28H36N2O4S/c1-18(2)20-10-8-11-21(19(3)4)25(20)30-24(31)14-6-5-7-17-35-28-29-23-13-9-12-22(26(23)34-28)27-32-15-16-33-27/h8-13,18-19,27H,5-7,14-17H2,1-4H3,(H,30,31). The van der Waals surface area contributed by atoms with Gasteiger partial charge in [0, 0.05) is 17.9 Å². The van der Waals surface area contributed by atoms with Crippen molar-refractivity contribution in [2.75, 3.05) is 24.3 Å². The molecule has 1 fully saturated rings. The molecule has 1 aliphatic rings. The highest BCUT2D eigenvalue weighted by Crippen LogP contribution is 2.34. The summed E-state index contributed by atoms with van der Waals surface area (Å²) in [4.78, 5) is 17.3. The number of carbonyl (C=O) groups excluding carboxylic acids is 1. The molecule has 0 saturated carbocycles. The molecule has 0 spiro atoms. The fraction of sp³-hybridized carbons (Fsp3) is 0.500. The van der Waals surface area contributed by atoms with E-state index in [0.29, 0.717) is 36.7 Å². The Kier molecular flexibility index (Phi) is 8.87. The van der Waals surface area contributed by atoms with Crippen molar-refractivity contribution in [2.45, 2.75) is 76.7 Å². The van der Waals surface area contributed by atoms with Gasteiger partial charge in [-0.05, 0) is 41.9 Å². The lowest BCUT2D eigenvalue weighted by Gasteiger charge is -2.20. The van der Waals surface area contributed by atoms with Crippen molar-refractivity contribution in [1.29, 1.82) is 0 Å². The maximum Gasteiger partial charge on any atom is 0.256 e. The van der Waals surface area contributed by atoms with E-state index in [4.69, 9.17) is 13.9 Å². The lowest BCUT2D eigenvalue weighted by molar-refractivity contribution is -0.116. The van der Waals surface area contributed by atoms with E-state index in [9.17, 15) is 4.79 Å². The molecule has 6 nitrogen and oxygen atoms in total. The topological polar surface area (TPSA) is 73.6 Å². The lowest BCUT2D eigenvalue weighted by Crippen LogP contribution is -2.15. The highest BCUT2D eigenvalue weighted by atomic mass is 32.2. The van der Waals surface area contributed by atoms with Gasteiger partial charge in [-0.25, -0.2) is 4.98 Å². The number of anilines is 1. The molecule has 2 aromatic carbocycles. The van der Waals surface area contributed by atoms with Crippen LogP contribution in [0.2, 0.25) is 0 Å². The van der Waals surface area contributed by atoms with E-state index in [1.807, 2.05) is 18.2 Å². The van der Waals surface area contributed by atoms with Gasteiger partial charge in [-0.1, -0.05) is 76.2 Å². The Balaban J connectivity index is 1.23. The quantitative estimate of drug-likeness (QED) is 0.220. The number of hydrogen-bond donors (Lipinski definition) is 1. The minimum absolute atomic E-state index is 0.0930. The Bertz CT molecular complexity index is 1110. The van der Waals surface area contributed by atoms with Gasteiger partial charge in [0.05, 0.1) is 18.8 Å². The molecule has 2 heterocycles. The van der Waals surface area contributed by atoms with Crippen molar-refractivity contribution in [3.8, 4) is 0 Å². The summed E-state index contributed by atoms with van der Waals surface area (Å²) in [5.74, 6) is 1.72. The van der Waals surface area contributed by atoms with Crippen molar-refractivity contribution >= 4 is 34.5 Å². The molecule has 7 heteroatoms. The predicted molar refractivity (Wildman–Crippen MR) is 141 cm³/mol. The van der Waals surface area contributed by atoms with Crippen LogP contribution in [0.5, 0.6) is 0 Å². The maximum atomic E-state index is 12.7. The second-order valence-electron chi connectivity index (χ2n) is 9.58. The molecule has 0 bridgehead atoms. The molecule has 3 aromatic rings. The van der Waals surface area contributed by atoms with Gasteiger partial charge in [0.2, 0.25) is 5.91 Å². The Hall–Kier alpha value is -2.35. The normalized spacial score (nSPS) is 14.5. The number of unbranched alkanes of at least 4 members (excludes halogenated alkanes) is 2. The third-order valence-corrected chi connectivity index (χ3v) is 7.13. The van der Waals surface area contributed by atoms with E-state index in [1.165, 1.54) is 11.1 Å². The zero-order chi connectivity index (χ0) is 24.8. The predicted octanol–water partition coefficient (Wildman–Crippen LogP) is 7.41. The Labute approximate surface area is 212 Å². The summed E-state index contributed by atoms with van der Waals surface area (Å²) >= 11 is 1.61. The van der Waals surface area contributed by atoms with Crippen LogP contribution in [0.25, 0.3) is 11.1 Å². The zero-order valence-electron chi connectivity index (χ0n) is 21.1. The molecule has 0 atom stereocenters. The number of para-hydroxylation sites is 2. The third kappa shape index (κ3) is 6.46. The summed E-state index contributed by atoms with van der Waals surface area (Å²) in [6, 6.07) is 12.2. The SMILES string of the molecule is CC(C)c1cccc(C(C)C)c1NC(=O)CCCCCSc1nc2cccc(C3OCCO3)c2o1. The van der Waals surface area contributed by atoms with Crippen LogP contribution in [-0.4, -0.2) is 29.9 Å². The average Bonchev–Trinajstić information content (AvgIpc) is 3.50. The number of oxazole rings is 1. The first-order valence-corrected chi connectivity index (χ1v) is 13.6. The first kappa shape index (κ1) is 25.7. The molecule has 0 unspecified atom stereocenters. The maximum absolute atomic E-state index is 12.7. The van der Waals surface area contributed by atoms with Crippen molar-refractivity contribution in [1.82, 2.24) is 4.98 Å². The van der Waals surface area contributed by atoms with Crippen LogP contribution in [0.15, 0.2) is 46.0 Å². The van der Waals surface area contributed by atoms with Crippen molar-refractivity contribution < 1.29 is 18.7 Å². The number of amides is 1. The van der Waals surface area contributed by atoms with Gasteiger partial charge in [-0.2, -0.15) is 0 Å². The molecule has 1 aliphatic heterocycles. The fourth-order valence-electron chi connectivity index (χ4n) is 4.36. The van der Waals surface area contributed by atoms with Crippen molar-refractivity contribution in [3.05, 3.63) is 53.1 Å². The number of ether oxygens (including phenoxy) is 2. The van der Waals surface area contributed by atoms with E-state index in [1.54, 1.807) is 11.8 Å².